The van der Waals surface area contributed by atoms with Gasteiger partial charge in [-0.05, 0) is 44.2 Å². The van der Waals surface area contributed by atoms with Gasteiger partial charge in [0.25, 0.3) is 0 Å². The van der Waals surface area contributed by atoms with Crippen LogP contribution in [0.4, 0.5) is 5.82 Å². The number of anilines is 1. The molecule has 0 unspecified atom stereocenters. The van der Waals surface area contributed by atoms with E-state index in [1.54, 1.807) is 6.20 Å². The lowest BCUT2D eigenvalue weighted by atomic mass is 9.71. The Morgan fingerprint density at radius 2 is 1.93 bits per heavy atom. The van der Waals surface area contributed by atoms with Gasteiger partial charge in [-0.25, -0.2) is 4.68 Å². The van der Waals surface area contributed by atoms with Crippen LogP contribution in [-0.2, 0) is 4.79 Å². The first-order chi connectivity index (χ1) is 12.2. The van der Waals surface area contributed by atoms with Crippen LogP contribution in [0.3, 0.4) is 0 Å². The van der Waals surface area contributed by atoms with Crippen molar-refractivity contribution in [2.24, 2.45) is 11.1 Å². The Kier molecular flexibility index (Phi) is 10.1. The molecule has 3 N–H and O–H groups in total. The molecule has 2 fully saturated rings. The molecule has 1 saturated heterocycles. The highest BCUT2D eigenvalue weighted by atomic mass is 35.5. The number of aromatic nitrogens is 2. The van der Waals surface area contributed by atoms with Crippen molar-refractivity contribution >= 4 is 36.5 Å². The van der Waals surface area contributed by atoms with Gasteiger partial charge >= 0.3 is 0 Å². The van der Waals surface area contributed by atoms with E-state index in [4.69, 9.17) is 5.73 Å². The number of nitrogens with one attached hydrogen (secondary N) is 1. The minimum atomic E-state index is -0.000347. The Labute approximate surface area is 175 Å². The predicted octanol–water partition coefficient (Wildman–Crippen LogP) is 3.62. The van der Waals surface area contributed by atoms with Crippen molar-refractivity contribution in [1.29, 1.82) is 0 Å². The van der Waals surface area contributed by atoms with E-state index in [0.29, 0.717) is 19.0 Å². The molecule has 156 valence electrons. The van der Waals surface area contributed by atoms with Crippen LogP contribution in [0.2, 0.25) is 0 Å². The minimum Gasteiger partial charge on any atom is -0.330 e. The van der Waals surface area contributed by atoms with Gasteiger partial charge < -0.3 is 16.0 Å². The molecule has 1 amide bonds. The zero-order valence-electron chi connectivity index (χ0n) is 16.4. The minimum absolute atomic E-state index is 0. The zero-order valence-corrected chi connectivity index (χ0v) is 18.0. The van der Waals surface area contributed by atoms with E-state index in [1.165, 1.54) is 19.3 Å². The van der Waals surface area contributed by atoms with Crippen LogP contribution in [0, 0.1) is 5.41 Å². The Morgan fingerprint density at radius 3 is 2.52 bits per heavy atom. The Hall–Kier alpha value is -0.820. The first-order valence-corrected chi connectivity index (χ1v) is 9.91. The van der Waals surface area contributed by atoms with Crippen LogP contribution in [0.25, 0.3) is 0 Å². The topological polar surface area (TPSA) is 76.2 Å². The van der Waals surface area contributed by atoms with Crippen LogP contribution < -0.4 is 11.1 Å². The largest absolute Gasteiger partial charge is 0.330 e. The fourth-order valence-corrected chi connectivity index (χ4v) is 4.47. The van der Waals surface area contributed by atoms with Gasteiger partial charge in [0.1, 0.15) is 5.82 Å². The summed E-state index contributed by atoms with van der Waals surface area (Å²) in [5.74, 6) is 0.919. The number of piperidine rings is 1. The first kappa shape index (κ1) is 24.2. The molecule has 0 spiro atoms. The fraction of sp³-hybridized carbons (Fsp3) is 0.789. The number of nitrogens with two attached hydrogens (primary N) is 1. The summed E-state index contributed by atoms with van der Waals surface area (Å²) in [4.78, 5) is 15.1. The van der Waals surface area contributed by atoms with Crippen LogP contribution in [0.1, 0.15) is 64.3 Å². The maximum absolute atomic E-state index is 12.7. The van der Waals surface area contributed by atoms with E-state index in [1.807, 2.05) is 10.7 Å². The Bertz CT molecular complexity index is 566. The normalized spacial score (nSPS) is 20.4. The van der Waals surface area contributed by atoms with E-state index in [2.05, 4.69) is 22.2 Å². The molecule has 1 saturated carbocycles. The van der Waals surface area contributed by atoms with Gasteiger partial charge in [0.2, 0.25) is 5.91 Å². The summed E-state index contributed by atoms with van der Waals surface area (Å²) >= 11 is 0. The lowest BCUT2D eigenvalue weighted by molar-refractivity contribution is -0.118. The third-order valence-corrected chi connectivity index (χ3v) is 6.17. The number of amides is 1. The number of carbonyl (C=O) groups excluding carboxylic acids is 1. The first-order valence-electron chi connectivity index (χ1n) is 9.91. The fourth-order valence-electron chi connectivity index (χ4n) is 4.47. The number of carbonyl (C=O) groups is 1. The van der Waals surface area contributed by atoms with Gasteiger partial charge in [-0.3, -0.25) is 4.79 Å². The average Bonchev–Trinajstić information content (AvgIpc) is 3.10. The number of halogens is 2. The van der Waals surface area contributed by atoms with Crippen molar-refractivity contribution < 1.29 is 4.79 Å². The molecule has 8 heteroatoms. The molecule has 1 aromatic rings. The van der Waals surface area contributed by atoms with E-state index in [0.717, 1.165) is 51.1 Å². The zero-order chi connectivity index (χ0) is 17.7. The second kappa shape index (κ2) is 11.2. The van der Waals surface area contributed by atoms with Gasteiger partial charge in [-0.15, -0.1) is 24.8 Å². The van der Waals surface area contributed by atoms with E-state index in [9.17, 15) is 4.79 Å². The van der Waals surface area contributed by atoms with E-state index >= 15 is 0 Å². The van der Waals surface area contributed by atoms with Crippen LogP contribution in [0.15, 0.2) is 12.3 Å². The Morgan fingerprint density at radius 1 is 1.26 bits per heavy atom. The number of hydrogen-bond acceptors (Lipinski definition) is 4. The summed E-state index contributed by atoms with van der Waals surface area (Å²) in [5, 5.41) is 7.60. The molecule has 6 nitrogen and oxygen atoms in total. The van der Waals surface area contributed by atoms with Crippen LogP contribution >= 0.6 is 24.8 Å². The summed E-state index contributed by atoms with van der Waals surface area (Å²) in [6.07, 6.45) is 10.3. The van der Waals surface area contributed by atoms with E-state index in [-0.39, 0.29) is 36.1 Å². The molecule has 3 rings (SSSR count). The van der Waals surface area contributed by atoms with Crippen LogP contribution in [-0.4, -0.2) is 46.8 Å². The smallest absolute Gasteiger partial charge is 0.226 e. The molecular weight excluding hydrogens is 385 g/mol. The molecule has 0 bridgehead atoms. The predicted molar refractivity (Wildman–Crippen MR) is 115 cm³/mol. The molecule has 0 aromatic carbocycles. The van der Waals surface area contributed by atoms with Crippen LogP contribution in [0.5, 0.6) is 0 Å². The van der Waals surface area contributed by atoms with Crippen molar-refractivity contribution in [1.82, 2.24) is 14.7 Å². The molecule has 2 aliphatic rings. The van der Waals surface area contributed by atoms with Crippen molar-refractivity contribution in [3.63, 3.8) is 0 Å². The van der Waals surface area contributed by atoms with Gasteiger partial charge in [0.15, 0.2) is 0 Å². The number of rotatable bonds is 6. The number of nitrogens with zero attached hydrogens (tertiary/aromatic N) is 3. The number of hydrogen-bond donors (Lipinski definition) is 2. The second-order valence-corrected chi connectivity index (χ2v) is 7.82. The molecular formula is C19H35Cl2N5O. The highest BCUT2D eigenvalue weighted by Gasteiger charge is 2.33. The van der Waals surface area contributed by atoms with Crippen molar-refractivity contribution in [3.8, 4) is 0 Å². The highest BCUT2D eigenvalue weighted by Crippen LogP contribution is 2.38. The van der Waals surface area contributed by atoms with Gasteiger partial charge in [-0.2, -0.15) is 5.10 Å². The second-order valence-electron chi connectivity index (χ2n) is 7.82. The molecule has 1 aliphatic heterocycles. The van der Waals surface area contributed by atoms with Crippen molar-refractivity contribution in [2.75, 3.05) is 31.5 Å². The average molecular weight is 420 g/mol. The quantitative estimate of drug-likeness (QED) is 0.737. The number of likely N-dealkylation sites (tertiary alicyclic amines) is 1. The monoisotopic (exact) mass is 419 g/mol. The summed E-state index contributed by atoms with van der Waals surface area (Å²) < 4.78 is 2.01. The highest BCUT2D eigenvalue weighted by molar-refractivity contribution is 5.90. The SMILES string of the molecule is CCN1CCC(n2nccc2NC(=O)CC2(CN)CCCCC2)CC1.Cl.Cl. The molecule has 0 radical (unpaired) electrons. The van der Waals surface area contributed by atoms with Gasteiger partial charge in [0.05, 0.1) is 12.2 Å². The van der Waals surface area contributed by atoms with Gasteiger partial charge in [0, 0.05) is 25.6 Å². The molecule has 1 aliphatic carbocycles. The third kappa shape index (κ3) is 6.08. The Balaban J connectivity index is 0.00000182. The summed E-state index contributed by atoms with van der Waals surface area (Å²) in [7, 11) is 0. The summed E-state index contributed by atoms with van der Waals surface area (Å²) in [5.41, 5.74) is 6.03. The standard InChI is InChI=1S/C19H33N5O.2ClH/c1-2-23-12-7-16(8-13-23)24-17(6-11-21-24)22-18(25)14-19(15-20)9-4-3-5-10-19;;/h6,11,16H,2-5,7-10,12-15,20H2,1H3,(H,22,25);2*1H. The molecule has 27 heavy (non-hydrogen) atoms. The lowest BCUT2D eigenvalue weighted by Gasteiger charge is -2.35. The third-order valence-electron chi connectivity index (χ3n) is 6.17. The summed E-state index contributed by atoms with van der Waals surface area (Å²) in [6.45, 7) is 6.12. The van der Waals surface area contributed by atoms with E-state index < -0.39 is 0 Å². The van der Waals surface area contributed by atoms with Crippen molar-refractivity contribution in [2.45, 2.75) is 64.3 Å². The maximum Gasteiger partial charge on any atom is 0.226 e. The summed E-state index contributed by atoms with van der Waals surface area (Å²) in [6, 6.07) is 2.30. The molecule has 1 aromatic heterocycles. The molecule has 0 atom stereocenters. The van der Waals surface area contributed by atoms with Crippen molar-refractivity contribution in [3.05, 3.63) is 12.3 Å². The lowest BCUT2D eigenvalue weighted by Crippen LogP contribution is -2.37. The molecule has 2 heterocycles. The maximum atomic E-state index is 12.7. The van der Waals surface area contributed by atoms with Gasteiger partial charge in [-0.1, -0.05) is 26.2 Å².